The van der Waals surface area contributed by atoms with Crippen LogP contribution in [0.4, 0.5) is 13.6 Å². The number of hydrogen-bond acceptors (Lipinski definition) is 3. The number of halogens is 2. The normalized spacial score (nSPS) is 21.9. The molecule has 1 rings (SSSR count). The van der Waals surface area contributed by atoms with Crippen molar-refractivity contribution < 1.29 is 18.3 Å². The van der Waals surface area contributed by atoms with Crippen molar-refractivity contribution in [2.45, 2.75) is 19.0 Å². The lowest BCUT2D eigenvalue weighted by Crippen LogP contribution is -2.33. The lowest BCUT2D eigenvalue weighted by atomic mass is 10.3. The van der Waals surface area contributed by atoms with Crippen LogP contribution in [0.5, 0.6) is 0 Å². The average Bonchev–Trinajstić information content (AvgIpc) is 2.53. The predicted octanol–water partition coefficient (Wildman–Crippen LogP) is 0.340. The van der Waals surface area contributed by atoms with Crippen molar-refractivity contribution in [3.05, 3.63) is 0 Å². The van der Waals surface area contributed by atoms with Gasteiger partial charge in [-0.05, 0) is 13.0 Å². The maximum Gasteiger partial charge on any atom is 0.407 e. The molecular formula is C7H12F2N2O2. The number of hydrogen-bond donors (Lipinski definition) is 2. The molecule has 6 heteroatoms. The summed E-state index contributed by atoms with van der Waals surface area (Å²) in [7, 11) is 0. The number of carbonyl (C=O) groups is 1. The first kappa shape index (κ1) is 10.2. The first-order valence-corrected chi connectivity index (χ1v) is 4.12. The first-order valence-electron chi connectivity index (χ1n) is 4.12. The Morgan fingerprint density at radius 2 is 2.46 bits per heavy atom. The summed E-state index contributed by atoms with van der Waals surface area (Å²) in [6.07, 6.45) is -2.75. The second-order valence-corrected chi connectivity index (χ2v) is 2.79. The molecular weight excluding hydrogens is 182 g/mol. The molecule has 1 aliphatic rings. The van der Waals surface area contributed by atoms with Gasteiger partial charge in [0, 0.05) is 6.54 Å². The van der Waals surface area contributed by atoms with E-state index in [1.165, 1.54) is 0 Å². The largest absolute Gasteiger partial charge is 0.445 e. The van der Waals surface area contributed by atoms with Gasteiger partial charge in [0.25, 0.3) is 6.43 Å². The summed E-state index contributed by atoms with van der Waals surface area (Å²) >= 11 is 0. The standard InChI is InChI=1S/C7H12F2N2O2/c8-6(9)4-11-7(12)13-5-1-2-10-3-5/h5-6,10H,1-4H2,(H,11,12). The minimum absolute atomic E-state index is 0.183. The lowest BCUT2D eigenvalue weighted by molar-refractivity contribution is 0.0943. The third kappa shape index (κ3) is 4.02. The summed E-state index contributed by atoms with van der Waals surface area (Å²) in [6, 6.07) is 0. The molecule has 0 radical (unpaired) electrons. The Morgan fingerprint density at radius 1 is 1.69 bits per heavy atom. The van der Waals surface area contributed by atoms with E-state index in [0.29, 0.717) is 6.54 Å². The summed E-state index contributed by atoms with van der Waals surface area (Å²) in [5.74, 6) is 0. The molecule has 76 valence electrons. The molecule has 13 heavy (non-hydrogen) atoms. The third-order valence-corrected chi connectivity index (χ3v) is 1.69. The second kappa shape index (κ2) is 4.96. The number of nitrogens with one attached hydrogen (secondary N) is 2. The highest BCUT2D eigenvalue weighted by atomic mass is 19.3. The highest BCUT2D eigenvalue weighted by molar-refractivity contribution is 5.67. The number of alkyl carbamates (subject to hydrolysis) is 1. The van der Waals surface area contributed by atoms with Gasteiger partial charge in [-0.3, -0.25) is 0 Å². The van der Waals surface area contributed by atoms with E-state index in [1.807, 2.05) is 5.32 Å². The van der Waals surface area contributed by atoms with Gasteiger partial charge >= 0.3 is 6.09 Å². The number of amides is 1. The monoisotopic (exact) mass is 194 g/mol. The van der Waals surface area contributed by atoms with Crippen LogP contribution in [0.2, 0.25) is 0 Å². The molecule has 1 heterocycles. The number of alkyl halides is 2. The maximum atomic E-state index is 11.6. The minimum Gasteiger partial charge on any atom is -0.445 e. The van der Waals surface area contributed by atoms with E-state index < -0.39 is 19.1 Å². The summed E-state index contributed by atoms with van der Waals surface area (Å²) < 4.78 is 28.1. The van der Waals surface area contributed by atoms with Crippen LogP contribution >= 0.6 is 0 Å². The summed E-state index contributed by atoms with van der Waals surface area (Å²) in [5.41, 5.74) is 0. The smallest absolute Gasteiger partial charge is 0.407 e. The van der Waals surface area contributed by atoms with Crippen LogP contribution in [0.25, 0.3) is 0 Å². The Hall–Kier alpha value is -0.910. The molecule has 0 saturated carbocycles. The van der Waals surface area contributed by atoms with Gasteiger partial charge in [0.05, 0.1) is 6.54 Å². The molecule has 2 N–H and O–H groups in total. The summed E-state index contributed by atoms with van der Waals surface area (Å²) in [6.45, 7) is 0.744. The van der Waals surface area contributed by atoms with Crippen LogP contribution in [0.1, 0.15) is 6.42 Å². The average molecular weight is 194 g/mol. The van der Waals surface area contributed by atoms with Crippen molar-refractivity contribution in [2.75, 3.05) is 19.6 Å². The fourth-order valence-electron chi connectivity index (χ4n) is 1.08. The molecule has 1 fully saturated rings. The number of carbonyl (C=O) groups excluding carboxylic acids is 1. The highest BCUT2D eigenvalue weighted by Crippen LogP contribution is 2.02. The van der Waals surface area contributed by atoms with Crippen molar-refractivity contribution in [1.29, 1.82) is 0 Å². The van der Waals surface area contributed by atoms with Gasteiger partial charge in [-0.25, -0.2) is 13.6 Å². The fraction of sp³-hybridized carbons (Fsp3) is 0.857. The molecule has 0 aromatic heterocycles. The third-order valence-electron chi connectivity index (χ3n) is 1.69. The zero-order valence-electron chi connectivity index (χ0n) is 7.06. The molecule has 4 nitrogen and oxygen atoms in total. The maximum absolute atomic E-state index is 11.6. The Kier molecular flexibility index (Phi) is 3.88. The van der Waals surface area contributed by atoms with Gasteiger partial charge in [0.1, 0.15) is 6.10 Å². The number of ether oxygens (including phenoxy) is 1. The highest BCUT2D eigenvalue weighted by Gasteiger charge is 2.18. The molecule has 0 bridgehead atoms. The minimum atomic E-state index is -2.53. The van der Waals surface area contributed by atoms with Crippen molar-refractivity contribution in [1.82, 2.24) is 10.6 Å². The Bertz CT molecular complexity index is 172. The lowest BCUT2D eigenvalue weighted by Gasteiger charge is -2.11. The van der Waals surface area contributed by atoms with E-state index in [1.54, 1.807) is 0 Å². The van der Waals surface area contributed by atoms with E-state index in [4.69, 9.17) is 4.74 Å². The van der Waals surface area contributed by atoms with Crippen LogP contribution in [0.3, 0.4) is 0 Å². The molecule has 1 atom stereocenters. The van der Waals surface area contributed by atoms with Gasteiger partial charge in [0.15, 0.2) is 0 Å². The quantitative estimate of drug-likeness (QED) is 0.681. The van der Waals surface area contributed by atoms with Crippen LogP contribution in [0, 0.1) is 0 Å². The molecule has 1 saturated heterocycles. The van der Waals surface area contributed by atoms with E-state index in [-0.39, 0.29) is 6.10 Å². The van der Waals surface area contributed by atoms with Crippen molar-refractivity contribution >= 4 is 6.09 Å². The van der Waals surface area contributed by atoms with Gasteiger partial charge in [-0.15, -0.1) is 0 Å². The van der Waals surface area contributed by atoms with E-state index >= 15 is 0 Å². The van der Waals surface area contributed by atoms with Crippen molar-refractivity contribution in [2.24, 2.45) is 0 Å². The topological polar surface area (TPSA) is 50.4 Å². The zero-order valence-corrected chi connectivity index (χ0v) is 7.06. The van der Waals surface area contributed by atoms with E-state index in [9.17, 15) is 13.6 Å². The zero-order chi connectivity index (χ0) is 9.68. The van der Waals surface area contributed by atoms with Crippen LogP contribution in [-0.2, 0) is 4.74 Å². The predicted molar refractivity (Wildman–Crippen MR) is 41.8 cm³/mol. The molecule has 1 amide bonds. The van der Waals surface area contributed by atoms with E-state index in [0.717, 1.165) is 13.0 Å². The fourth-order valence-corrected chi connectivity index (χ4v) is 1.08. The van der Waals surface area contributed by atoms with Gasteiger partial charge < -0.3 is 15.4 Å². The first-order chi connectivity index (χ1) is 6.18. The second-order valence-electron chi connectivity index (χ2n) is 2.79. The Morgan fingerprint density at radius 3 is 3.00 bits per heavy atom. The van der Waals surface area contributed by atoms with E-state index in [2.05, 4.69) is 5.32 Å². The number of rotatable bonds is 3. The Balaban J connectivity index is 2.09. The molecule has 0 aromatic carbocycles. The van der Waals surface area contributed by atoms with Crippen molar-refractivity contribution in [3.8, 4) is 0 Å². The molecule has 1 unspecified atom stereocenters. The van der Waals surface area contributed by atoms with Crippen LogP contribution in [0.15, 0.2) is 0 Å². The van der Waals surface area contributed by atoms with Gasteiger partial charge in [-0.2, -0.15) is 0 Å². The molecule has 0 aromatic rings. The van der Waals surface area contributed by atoms with Crippen LogP contribution in [-0.4, -0.2) is 38.3 Å². The summed E-state index contributed by atoms with van der Waals surface area (Å²) in [4.78, 5) is 10.8. The Labute approximate surface area is 74.6 Å². The van der Waals surface area contributed by atoms with Gasteiger partial charge in [-0.1, -0.05) is 0 Å². The SMILES string of the molecule is O=C(NCC(F)F)OC1CCNC1. The molecule has 1 aliphatic heterocycles. The summed E-state index contributed by atoms with van der Waals surface area (Å²) in [5, 5.41) is 4.96. The molecule has 0 spiro atoms. The van der Waals surface area contributed by atoms with Crippen molar-refractivity contribution in [3.63, 3.8) is 0 Å². The molecule has 0 aliphatic carbocycles. The van der Waals surface area contributed by atoms with Gasteiger partial charge in [0.2, 0.25) is 0 Å². The van der Waals surface area contributed by atoms with Crippen LogP contribution < -0.4 is 10.6 Å².